The van der Waals surface area contributed by atoms with Crippen molar-refractivity contribution in [1.29, 1.82) is 0 Å². The predicted octanol–water partition coefficient (Wildman–Crippen LogP) is 4.63. The van der Waals surface area contributed by atoms with E-state index in [1.54, 1.807) is 24.3 Å². The first-order valence-electron chi connectivity index (χ1n) is 8.33. The highest BCUT2D eigenvalue weighted by atomic mass is 35.5. The first-order chi connectivity index (χ1) is 13.4. The van der Waals surface area contributed by atoms with Crippen LogP contribution in [0.3, 0.4) is 0 Å². The van der Waals surface area contributed by atoms with E-state index in [1.165, 1.54) is 13.2 Å². The van der Waals surface area contributed by atoms with Crippen LogP contribution in [0.15, 0.2) is 47.0 Å². The highest BCUT2D eigenvalue weighted by Crippen LogP contribution is 2.30. The summed E-state index contributed by atoms with van der Waals surface area (Å²) in [5.74, 6) is 1.18. The lowest BCUT2D eigenvalue weighted by Crippen LogP contribution is -2.17. The van der Waals surface area contributed by atoms with Crippen LogP contribution in [0.2, 0.25) is 5.02 Å². The molecule has 0 bridgehead atoms. The number of alkyl halides is 2. The highest BCUT2D eigenvalue weighted by Gasteiger charge is 2.14. The third-order valence-electron chi connectivity index (χ3n) is 3.87. The summed E-state index contributed by atoms with van der Waals surface area (Å²) < 4.78 is 39.7. The van der Waals surface area contributed by atoms with Gasteiger partial charge in [0.2, 0.25) is 11.7 Å². The third kappa shape index (κ3) is 5.17. The normalized spacial score (nSPS) is 11.2. The number of ether oxygens (including phenoxy) is 2. The Bertz CT molecular complexity index is 919. The summed E-state index contributed by atoms with van der Waals surface area (Å²) in [4.78, 5) is 6.33. The maximum Gasteiger partial charge on any atom is 0.387 e. The molecule has 0 aliphatic rings. The average molecular weight is 410 g/mol. The SMILES string of the molecule is COc1cc(CN(C)Cc2nc(-c3ccc(Cl)cc3)no2)ccc1OC(F)F. The fourth-order valence-corrected chi connectivity index (χ4v) is 2.76. The fourth-order valence-electron chi connectivity index (χ4n) is 2.64. The Morgan fingerprint density at radius 1 is 1.11 bits per heavy atom. The second-order valence-electron chi connectivity index (χ2n) is 6.05. The molecule has 148 valence electrons. The van der Waals surface area contributed by atoms with Gasteiger partial charge in [-0.25, -0.2) is 0 Å². The van der Waals surface area contributed by atoms with Gasteiger partial charge in [-0.1, -0.05) is 22.8 Å². The Hall–Kier alpha value is -2.71. The smallest absolute Gasteiger partial charge is 0.387 e. The number of nitrogens with zero attached hydrogens (tertiary/aromatic N) is 3. The van der Waals surface area contributed by atoms with Gasteiger partial charge >= 0.3 is 6.61 Å². The zero-order valence-electron chi connectivity index (χ0n) is 15.2. The van der Waals surface area contributed by atoms with E-state index in [9.17, 15) is 8.78 Å². The number of halogens is 3. The van der Waals surface area contributed by atoms with Gasteiger partial charge < -0.3 is 14.0 Å². The van der Waals surface area contributed by atoms with Gasteiger partial charge in [-0.2, -0.15) is 13.8 Å². The lowest BCUT2D eigenvalue weighted by molar-refractivity contribution is -0.0512. The van der Waals surface area contributed by atoms with Crippen molar-refractivity contribution in [2.75, 3.05) is 14.2 Å². The summed E-state index contributed by atoms with van der Waals surface area (Å²) in [6.07, 6.45) is 0. The van der Waals surface area contributed by atoms with Crippen molar-refractivity contribution < 1.29 is 22.8 Å². The minimum absolute atomic E-state index is 0.00610. The second kappa shape index (κ2) is 8.99. The van der Waals surface area contributed by atoms with Gasteiger partial charge in [-0.05, 0) is 49.0 Å². The Morgan fingerprint density at radius 3 is 2.54 bits per heavy atom. The molecule has 0 unspecified atom stereocenters. The van der Waals surface area contributed by atoms with Crippen LogP contribution >= 0.6 is 11.6 Å². The molecular weight excluding hydrogens is 392 g/mol. The lowest BCUT2D eigenvalue weighted by atomic mass is 10.2. The van der Waals surface area contributed by atoms with Crippen molar-refractivity contribution in [1.82, 2.24) is 15.0 Å². The average Bonchev–Trinajstić information content (AvgIpc) is 3.11. The molecule has 2 aromatic carbocycles. The Balaban J connectivity index is 1.64. The standard InChI is InChI=1S/C19H18ClF2N3O3/c1-25(10-12-3-8-15(27-19(21)22)16(9-12)26-2)11-17-23-18(24-28-17)13-4-6-14(20)7-5-13/h3-9,19H,10-11H2,1-2H3. The first kappa shape index (κ1) is 20.0. The first-order valence-corrected chi connectivity index (χ1v) is 8.71. The van der Waals surface area contributed by atoms with Crippen molar-refractivity contribution >= 4 is 11.6 Å². The quantitative estimate of drug-likeness (QED) is 0.540. The van der Waals surface area contributed by atoms with Crippen LogP contribution in [-0.2, 0) is 13.1 Å². The molecule has 0 amide bonds. The lowest BCUT2D eigenvalue weighted by Gasteiger charge is -2.16. The third-order valence-corrected chi connectivity index (χ3v) is 4.12. The van der Waals surface area contributed by atoms with Crippen molar-refractivity contribution in [2.24, 2.45) is 0 Å². The van der Waals surface area contributed by atoms with E-state index < -0.39 is 6.61 Å². The highest BCUT2D eigenvalue weighted by molar-refractivity contribution is 6.30. The summed E-state index contributed by atoms with van der Waals surface area (Å²) in [5.41, 5.74) is 1.67. The van der Waals surface area contributed by atoms with Crippen LogP contribution in [0.25, 0.3) is 11.4 Å². The van der Waals surface area contributed by atoms with E-state index in [1.807, 2.05) is 24.1 Å². The molecule has 0 aliphatic carbocycles. The summed E-state index contributed by atoms with van der Waals surface area (Å²) in [6.45, 7) is -1.97. The monoisotopic (exact) mass is 409 g/mol. The van der Waals surface area contributed by atoms with E-state index in [0.29, 0.717) is 29.8 Å². The van der Waals surface area contributed by atoms with Gasteiger partial charge in [0.25, 0.3) is 0 Å². The number of methoxy groups -OCH3 is 1. The van der Waals surface area contributed by atoms with Gasteiger partial charge in [0.1, 0.15) is 0 Å². The predicted molar refractivity (Wildman–Crippen MR) is 99.5 cm³/mol. The number of benzene rings is 2. The van der Waals surface area contributed by atoms with E-state index in [2.05, 4.69) is 14.9 Å². The molecule has 0 saturated carbocycles. The molecule has 0 atom stereocenters. The van der Waals surface area contributed by atoms with Gasteiger partial charge in [-0.15, -0.1) is 0 Å². The molecule has 0 aliphatic heterocycles. The van der Waals surface area contributed by atoms with Crippen LogP contribution in [0.4, 0.5) is 8.78 Å². The van der Waals surface area contributed by atoms with Gasteiger partial charge in [-0.3, -0.25) is 4.90 Å². The molecule has 0 fully saturated rings. The van der Waals surface area contributed by atoms with Crippen molar-refractivity contribution in [3.8, 4) is 22.9 Å². The summed E-state index contributed by atoms with van der Waals surface area (Å²) >= 11 is 5.88. The molecular formula is C19H18ClF2N3O3. The molecule has 0 saturated heterocycles. The number of aromatic nitrogens is 2. The minimum atomic E-state index is -2.91. The van der Waals surface area contributed by atoms with Crippen LogP contribution in [0.5, 0.6) is 11.5 Å². The molecule has 28 heavy (non-hydrogen) atoms. The van der Waals surface area contributed by atoms with E-state index >= 15 is 0 Å². The summed E-state index contributed by atoms with van der Waals surface area (Å²) in [7, 11) is 3.28. The molecule has 0 radical (unpaired) electrons. The molecule has 0 spiro atoms. The summed E-state index contributed by atoms with van der Waals surface area (Å²) in [5, 5.41) is 4.61. The fraction of sp³-hybridized carbons (Fsp3) is 0.263. The molecule has 1 aromatic heterocycles. The number of rotatable bonds is 8. The van der Waals surface area contributed by atoms with Crippen LogP contribution in [0.1, 0.15) is 11.5 Å². The van der Waals surface area contributed by atoms with Crippen LogP contribution in [0, 0.1) is 0 Å². The molecule has 9 heteroatoms. The maximum atomic E-state index is 12.4. The van der Waals surface area contributed by atoms with E-state index in [4.69, 9.17) is 20.9 Å². The topological polar surface area (TPSA) is 60.6 Å². The van der Waals surface area contributed by atoms with Gasteiger partial charge in [0.05, 0.1) is 13.7 Å². The van der Waals surface area contributed by atoms with Gasteiger partial charge in [0.15, 0.2) is 11.5 Å². The molecule has 1 heterocycles. The minimum Gasteiger partial charge on any atom is -0.493 e. The van der Waals surface area contributed by atoms with Crippen LogP contribution in [-0.4, -0.2) is 35.8 Å². The second-order valence-corrected chi connectivity index (χ2v) is 6.49. The molecule has 3 rings (SSSR count). The molecule has 0 N–H and O–H groups in total. The van der Waals surface area contributed by atoms with E-state index in [-0.39, 0.29) is 11.5 Å². The van der Waals surface area contributed by atoms with Crippen molar-refractivity contribution in [3.05, 3.63) is 58.9 Å². The Labute approximate surface area is 165 Å². The molecule has 3 aromatic rings. The van der Waals surface area contributed by atoms with Gasteiger partial charge in [0, 0.05) is 17.1 Å². The number of hydrogen-bond donors (Lipinski definition) is 0. The molecule has 6 nitrogen and oxygen atoms in total. The number of hydrogen-bond acceptors (Lipinski definition) is 6. The Kier molecular flexibility index (Phi) is 6.43. The maximum absolute atomic E-state index is 12.4. The summed E-state index contributed by atoms with van der Waals surface area (Å²) in [6, 6.07) is 12.0. The zero-order valence-corrected chi connectivity index (χ0v) is 16.0. The van der Waals surface area contributed by atoms with Crippen molar-refractivity contribution in [2.45, 2.75) is 19.7 Å². The zero-order chi connectivity index (χ0) is 20.1. The largest absolute Gasteiger partial charge is 0.493 e. The Morgan fingerprint density at radius 2 is 1.86 bits per heavy atom. The van der Waals surface area contributed by atoms with Crippen LogP contribution < -0.4 is 9.47 Å². The van der Waals surface area contributed by atoms with E-state index in [0.717, 1.165) is 11.1 Å². The van der Waals surface area contributed by atoms with Crippen molar-refractivity contribution in [3.63, 3.8) is 0 Å².